The van der Waals surface area contributed by atoms with Crippen LogP contribution in [0.1, 0.15) is 71.8 Å². The average molecular weight is 396 g/mol. The van der Waals surface area contributed by atoms with Crippen LogP contribution in [0.5, 0.6) is 0 Å². The smallest absolute Gasteiger partial charge is 0.275 e. The molecular formula is C21H35O3SSi. The molecule has 0 aromatic heterocycles. The summed E-state index contributed by atoms with van der Waals surface area (Å²) in [6.07, 6.45) is 1.35. The number of hydrogen-bond acceptors (Lipinski definition) is 2. The van der Waals surface area contributed by atoms with E-state index in [2.05, 4.69) is 68.0 Å². The Labute approximate surface area is 162 Å². The molecule has 0 amide bonds. The Balaban J connectivity index is 3.97. The zero-order valence-corrected chi connectivity index (χ0v) is 19.3. The van der Waals surface area contributed by atoms with Gasteiger partial charge in [0.1, 0.15) is 5.25 Å². The van der Waals surface area contributed by atoms with Crippen LogP contribution in [0.3, 0.4) is 0 Å². The van der Waals surface area contributed by atoms with Crippen molar-refractivity contribution in [2.45, 2.75) is 77.1 Å². The van der Waals surface area contributed by atoms with Gasteiger partial charge in [-0.25, -0.2) is 0 Å². The fourth-order valence-corrected chi connectivity index (χ4v) is 8.27. The maximum Gasteiger partial charge on any atom is 0.275 e. The molecule has 0 aliphatic carbocycles. The first-order chi connectivity index (χ1) is 11.8. The van der Waals surface area contributed by atoms with Crippen molar-refractivity contribution in [3.8, 4) is 0 Å². The first-order valence-electron chi connectivity index (χ1n) is 9.36. The standard InChI is InChI=1S/C21H35O3SSi/c1-10-19(25(22,23)24)17-12-11-13-18(21(8,9)14(2)3)20(17)26(15(4)5)16(6)7/h10-16,19H,1H2,2-9H3,(H,22,23,24). The lowest BCUT2D eigenvalue weighted by molar-refractivity contribution is 0.373. The van der Waals surface area contributed by atoms with Crippen molar-refractivity contribution in [3.63, 3.8) is 0 Å². The van der Waals surface area contributed by atoms with E-state index in [0.29, 0.717) is 22.6 Å². The molecule has 0 heterocycles. The highest BCUT2D eigenvalue weighted by Gasteiger charge is 2.37. The first-order valence-corrected chi connectivity index (χ1v) is 12.5. The lowest BCUT2D eigenvalue weighted by Gasteiger charge is -2.37. The van der Waals surface area contributed by atoms with Gasteiger partial charge in [-0.2, -0.15) is 8.42 Å². The van der Waals surface area contributed by atoms with Crippen molar-refractivity contribution in [2.75, 3.05) is 0 Å². The molecule has 147 valence electrons. The zero-order valence-electron chi connectivity index (χ0n) is 17.5. The van der Waals surface area contributed by atoms with Crippen molar-refractivity contribution in [3.05, 3.63) is 42.0 Å². The Kier molecular flexibility index (Phi) is 7.47. The fraction of sp³-hybridized carbons (Fsp3) is 0.619. The van der Waals surface area contributed by atoms with Gasteiger partial charge in [0.05, 0.1) is 8.80 Å². The molecule has 1 radical (unpaired) electrons. The summed E-state index contributed by atoms with van der Waals surface area (Å²) in [5.74, 6) is 0.395. The van der Waals surface area contributed by atoms with E-state index >= 15 is 0 Å². The molecule has 1 N–H and O–H groups in total. The molecule has 1 aromatic carbocycles. The van der Waals surface area contributed by atoms with Gasteiger partial charge in [0.15, 0.2) is 0 Å². The van der Waals surface area contributed by atoms with Crippen LogP contribution in [0.2, 0.25) is 11.1 Å². The summed E-state index contributed by atoms with van der Waals surface area (Å²) in [5, 5.41) is 0.0710. The van der Waals surface area contributed by atoms with Gasteiger partial charge >= 0.3 is 0 Å². The Hall–Kier alpha value is -0.913. The SMILES string of the molecule is C=CC(c1cccc(C(C)(C)C(C)C)c1[Si](C(C)C)C(C)C)S(=O)(=O)O. The van der Waals surface area contributed by atoms with Gasteiger partial charge in [0.25, 0.3) is 10.1 Å². The zero-order chi connectivity index (χ0) is 20.4. The van der Waals surface area contributed by atoms with E-state index < -0.39 is 24.2 Å². The van der Waals surface area contributed by atoms with Crippen LogP contribution in [0.25, 0.3) is 0 Å². The molecule has 0 aliphatic heterocycles. The van der Waals surface area contributed by atoms with E-state index in [9.17, 15) is 13.0 Å². The molecule has 3 nitrogen and oxygen atoms in total. The van der Waals surface area contributed by atoms with E-state index in [4.69, 9.17) is 0 Å². The van der Waals surface area contributed by atoms with Gasteiger partial charge in [-0.3, -0.25) is 4.55 Å². The highest BCUT2D eigenvalue weighted by molar-refractivity contribution is 7.86. The largest absolute Gasteiger partial charge is 0.285 e. The van der Waals surface area contributed by atoms with E-state index in [-0.39, 0.29) is 5.41 Å². The second kappa shape index (κ2) is 8.40. The molecule has 1 aromatic rings. The summed E-state index contributed by atoms with van der Waals surface area (Å²) < 4.78 is 34.0. The van der Waals surface area contributed by atoms with Crippen LogP contribution >= 0.6 is 0 Å². The van der Waals surface area contributed by atoms with Crippen LogP contribution in [-0.4, -0.2) is 21.8 Å². The predicted molar refractivity (Wildman–Crippen MR) is 114 cm³/mol. The van der Waals surface area contributed by atoms with E-state index in [1.165, 1.54) is 11.6 Å². The summed E-state index contributed by atoms with van der Waals surface area (Å²) in [4.78, 5) is 0. The van der Waals surface area contributed by atoms with Gasteiger partial charge < -0.3 is 0 Å². The minimum atomic E-state index is -4.26. The topological polar surface area (TPSA) is 54.4 Å². The molecule has 0 spiro atoms. The van der Waals surface area contributed by atoms with Crippen molar-refractivity contribution in [2.24, 2.45) is 5.92 Å². The molecule has 1 rings (SSSR count). The first kappa shape index (κ1) is 23.1. The van der Waals surface area contributed by atoms with Gasteiger partial charge in [0.2, 0.25) is 0 Å². The molecule has 5 heteroatoms. The third kappa shape index (κ3) is 4.67. The van der Waals surface area contributed by atoms with Crippen LogP contribution in [0.4, 0.5) is 0 Å². The summed E-state index contributed by atoms with van der Waals surface area (Å²) in [6, 6.07) is 5.91. The predicted octanol–water partition coefficient (Wildman–Crippen LogP) is 5.26. The lowest BCUT2D eigenvalue weighted by Crippen LogP contribution is -2.46. The Bertz CT molecular complexity index is 726. The van der Waals surface area contributed by atoms with Gasteiger partial charge in [-0.1, -0.05) is 84.9 Å². The maximum absolute atomic E-state index is 12.1. The highest BCUT2D eigenvalue weighted by Crippen LogP contribution is 2.36. The van der Waals surface area contributed by atoms with Gasteiger partial charge in [-0.15, -0.1) is 6.58 Å². The van der Waals surface area contributed by atoms with Crippen molar-refractivity contribution in [1.29, 1.82) is 0 Å². The second-order valence-corrected chi connectivity index (χ2v) is 13.8. The van der Waals surface area contributed by atoms with Gasteiger partial charge in [-0.05, 0) is 33.5 Å². The fourth-order valence-electron chi connectivity index (χ4n) is 3.63. The maximum atomic E-state index is 12.1. The quantitative estimate of drug-likeness (QED) is 0.371. The number of hydrogen-bond donors (Lipinski definition) is 1. The van der Waals surface area contributed by atoms with Gasteiger partial charge in [0, 0.05) is 0 Å². The monoisotopic (exact) mass is 395 g/mol. The molecule has 0 saturated heterocycles. The van der Waals surface area contributed by atoms with E-state index in [1.807, 2.05) is 12.1 Å². The second-order valence-electron chi connectivity index (χ2n) is 8.58. The Morgan fingerprint density at radius 2 is 1.58 bits per heavy atom. The minimum Gasteiger partial charge on any atom is -0.285 e. The van der Waals surface area contributed by atoms with Crippen LogP contribution in [0, 0.1) is 5.92 Å². The summed E-state index contributed by atoms with van der Waals surface area (Å²) >= 11 is 0. The minimum absolute atomic E-state index is 0.101. The summed E-state index contributed by atoms with van der Waals surface area (Å²) in [6.45, 7) is 21.4. The molecule has 0 aliphatic rings. The molecule has 0 bridgehead atoms. The van der Waals surface area contributed by atoms with E-state index in [1.54, 1.807) is 0 Å². The van der Waals surface area contributed by atoms with Crippen LogP contribution in [0.15, 0.2) is 30.9 Å². The molecule has 26 heavy (non-hydrogen) atoms. The highest BCUT2D eigenvalue weighted by atomic mass is 32.2. The third-order valence-corrected chi connectivity index (χ3v) is 10.3. The number of rotatable bonds is 8. The normalized spacial score (nSPS) is 14.5. The van der Waals surface area contributed by atoms with E-state index in [0.717, 1.165) is 5.19 Å². The summed E-state index contributed by atoms with van der Waals surface area (Å²) in [7, 11) is -5.33. The average Bonchev–Trinajstić information content (AvgIpc) is 2.46. The number of benzene rings is 1. The van der Waals surface area contributed by atoms with Crippen LogP contribution in [-0.2, 0) is 15.5 Å². The lowest BCUT2D eigenvalue weighted by atomic mass is 9.74. The van der Waals surface area contributed by atoms with Crippen LogP contribution < -0.4 is 5.19 Å². The van der Waals surface area contributed by atoms with Crippen molar-refractivity contribution < 1.29 is 13.0 Å². The van der Waals surface area contributed by atoms with Crippen molar-refractivity contribution >= 4 is 24.1 Å². The summed E-state index contributed by atoms with van der Waals surface area (Å²) in [5.41, 5.74) is 2.68. The molecule has 0 saturated carbocycles. The molecule has 1 atom stereocenters. The Morgan fingerprint density at radius 3 is 1.92 bits per heavy atom. The molecule has 0 fully saturated rings. The molecular weight excluding hydrogens is 360 g/mol. The Morgan fingerprint density at radius 1 is 1.08 bits per heavy atom. The van der Waals surface area contributed by atoms with Crippen molar-refractivity contribution in [1.82, 2.24) is 0 Å². The molecule has 1 unspecified atom stereocenters. The third-order valence-electron chi connectivity index (χ3n) is 5.61.